The first-order valence-electron chi connectivity index (χ1n) is 23.3. The molecule has 378 valence electrons. The molecule has 4 amide bonds. The van der Waals surface area contributed by atoms with Gasteiger partial charge in [-0.05, 0) is 105 Å². The average Bonchev–Trinajstić information content (AvgIpc) is 3.30. The Labute approximate surface area is 410 Å². The van der Waals surface area contributed by atoms with Gasteiger partial charge in [0.15, 0.2) is 0 Å². The third kappa shape index (κ3) is 19.2. The number of rotatable bonds is 26. The maximum Gasteiger partial charge on any atom is 0.407 e. The summed E-state index contributed by atoms with van der Waals surface area (Å²) in [6, 6.07) is 23.2. The van der Waals surface area contributed by atoms with Gasteiger partial charge in [-0.1, -0.05) is 104 Å². The van der Waals surface area contributed by atoms with Crippen molar-refractivity contribution in [2.45, 2.75) is 122 Å². The number of sulfonamides is 1. The van der Waals surface area contributed by atoms with Crippen molar-refractivity contribution in [3.63, 3.8) is 0 Å². The van der Waals surface area contributed by atoms with Gasteiger partial charge in [0.1, 0.15) is 37.1 Å². The fourth-order valence-electron chi connectivity index (χ4n) is 7.58. The highest BCUT2D eigenvalue weighted by atomic mass is 32.2. The number of aromatic hydroxyl groups is 1. The molecule has 0 aliphatic rings. The quantitative estimate of drug-likeness (QED) is 0.0186. The maximum atomic E-state index is 14.3. The summed E-state index contributed by atoms with van der Waals surface area (Å²) >= 11 is 0. The van der Waals surface area contributed by atoms with Gasteiger partial charge in [-0.15, -0.1) is 0 Å². The predicted molar refractivity (Wildman–Crippen MR) is 266 cm³/mol. The first-order chi connectivity index (χ1) is 33.3. The number of nitrogens with two attached hydrogens (primary N) is 2. The Morgan fingerprint density at radius 1 is 0.686 bits per heavy atom. The summed E-state index contributed by atoms with van der Waals surface area (Å²) < 4.78 is 39.8. The summed E-state index contributed by atoms with van der Waals surface area (Å²) in [5, 5.41) is 20.8. The lowest BCUT2D eigenvalue weighted by atomic mass is 10.0. The summed E-state index contributed by atoms with van der Waals surface area (Å²) in [6.07, 6.45) is 0.877. The third-order valence-corrected chi connectivity index (χ3v) is 12.6. The molecule has 4 aromatic rings. The molecule has 4 rings (SSSR count). The second kappa shape index (κ2) is 27.9. The molecule has 18 nitrogen and oxygen atoms in total. The number of guanidine groups is 1. The van der Waals surface area contributed by atoms with Gasteiger partial charge in [0.25, 0.3) is 10.0 Å². The van der Waals surface area contributed by atoms with E-state index in [2.05, 4.69) is 31.0 Å². The number of carbonyl (C=O) groups is 5. The number of nitrogens with one attached hydrogen (secondary N) is 5. The van der Waals surface area contributed by atoms with Crippen LogP contribution in [0.5, 0.6) is 5.75 Å². The fraction of sp³-hybridized carbons (Fsp3) is 0.412. The number of unbranched alkanes of at least 4 members (excludes halogenated alkanes) is 1. The lowest BCUT2D eigenvalue weighted by Gasteiger charge is -2.26. The summed E-state index contributed by atoms with van der Waals surface area (Å²) in [6.45, 7) is 9.23. The van der Waals surface area contributed by atoms with Crippen molar-refractivity contribution in [1.29, 1.82) is 0 Å². The molecule has 0 saturated heterocycles. The van der Waals surface area contributed by atoms with E-state index < -0.39 is 64.0 Å². The van der Waals surface area contributed by atoms with E-state index in [1.807, 2.05) is 57.2 Å². The Morgan fingerprint density at radius 3 is 1.84 bits per heavy atom. The predicted octanol–water partition coefficient (Wildman–Crippen LogP) is 4.60. The monoisotopic (exact) mass is 984 g/mol. The van der Waals surface area contributed by atoms with Crippen LogP contribution in [0.2, 0.25) is 0 Å². The summed E-state index contributed by atoms with van der Waals surface area (Å²) in [5.41, 5.74) is 16.5. The molecule has 4 atom stereocenters. The second-order valence-corrected chi connectivity index (χ2v) is 19.2. The van der Waals surface area contributed by atoms with Gasteiger partial charge < -0.3 is 47.3 Å². The number of aliphatic imine (C=N–C) groups is 1. The van der Waals surface area contributed by atoms with Crippen LogP contribution in [0.3, 0.4) is 0 Å². The summed E-state index contributed by atoms with van der Waals surface area (Å²) in [5.74, 6) is -3.24. The number of esters is 1. The molecule has 0 saturated carbocycles. The Hall–Kier alpha value is -6.99. The maximum absolute atomic E-state index is 14.3. The van der Waals surface area contributed by atoms with E-state index in [1.54, 1.807) is 62.4 Å². The van der Waals surface area contributed by atoms with Crippen molar-refractivity contribution >= 4 is 45.8 Å². The van der Waals surface area contributed by atoms with Crippen LogP contribution in [-0.2, 0) is 58.3 Å². The van der Waals surface area contributed by atoms with Crippen molar-refractivity contribution in [2.75, 3.05) is 13.1 Å². The van der Waals surface area contributed by atoms with E-state index in [9.17, 15) is 37.5 Å². The van der Waals surface area contributed by atoms with Crippen LogP contribution in [0, 0.1) is 26.7 Å². The van der Waals surface area contributed by atoms with Gasteiger partial charge in [-0.3, -0.25) is 19.4 Å². The Morgan fingerprint density at radius 2 is 1.24 bits per heavy atom. The molecule has 10 N–H and O–H groups in total. The lowest BCUT2D eigenvalue weighted by molar-refractivity contribution is -0.149. The van der Waals surface area contributed by atoms with Crippen molar-refractivity contribution in [2.24, 2.45) is 22.4 Å². The second-order valence-electron chi connectivity index (χ2n) is 17.6. The molecule has 0 fully saturated rings. The lowest BCUT2D eigenvalue weighted by Crippen LogP contribution is -2.57. The zero-order chi connectivity index (χ0) is 51.2. The molecule has 0 bridgehead atoms. The topological polar surface area (TPSA) is 283 Å². The van der Waals surface area contributed by atoms with Crippen LogP contribution in [0.1, 0.15) is 85.8 Å². The number of amides is 4. The number of phenolic OH excluding ortho intramolecular Hbond substituents is 1. The highest BCUT2D eigenvalue weighted by Gasteiger charge is 2.32. The van der Waals surface area contributed by atoms with Gasteiger partial charge in [-0.2, -0.15) is 0 Å². The number of carbonyl (C=O) groups excluding carboxylic acids is 5. The molecule has 0 radical (unpaired) electrons. The molecule has 0 unspecified atom stereocenters. The van der Waals surface area contributed by atoms with Crippen LogP contribution in [-0.4, -0.2) is 86.5 Å². The van der Waals surface area contributed by atoms with E-state index in [-0.39, 0.29) is 74.4 Å². The van der Waals surface area contributed by atoms with Crippen molar-refractivity contribution in [3.8, 4) is 5.75 Å². The first-order valence-corrected chi connectivity index (χ1v) is 24.8. The van der Waals surface area contributed by atoms with Gasteiger partial charge in [0.2, 0.25) is 23.7 Å². The molecule has 0 aromatic heterocycles. The minimum absolute atomic E-state index is 0.00508. The van der Waals surface area contributed by atoms with E-state index >= 15 is 0 Å². The van der Waals surface area contributed by atoms with Gasteiger partial charge in [-0.25, -0.2) is 22.7 Å². The number of hydrogen-bond acceptors (Lipinski definition) is 12. The van der Waals surface area contributed by atoms with E-state index in [4.69, 9.17) is 20.9 Å². The van der Waals surface area contributed by atoms with Crippen molar-refractivity contribution in [3.05, 3.63) is 130 Å². The van der Waals surface area contributed by atoms with Crippen LogP contribution in [0.25, 0.3) is 0 Å². The Balaban J connectivity index is 1.46. The minimum atomic E-state index is -4.10. The summed E-state index contributed by atoms with van der Waals surface area (Å²) in [4.78, 5) is 71.9. The summed E-state index contributed by atoms with van der Waals surface area (Å²) in [7, 11) is -4.10. The number of nitrogens with zero attached hydrogens (tertiary/aromatic N) is 1. The number of ether oxygens (including phenoxy) is 2. The number of benzene rings is 4. The van der Waals surface area contributed by atoms with Crippen molar-refractivity contribution < 1.29 is 47.0 Å². The fourth-order valence-corrected chi connectivity index (χ4v) is 8.98. The molecule has 0 spiro atoms. The van der Waals surface area contributed by atoms with Crippen LogP contribution in [0.15, 0.2) is 107 Å². The zero-order valence-electron chi connectivity index (χ0n) is 40.5. The van der Waals surface area contributed by atoms with E-state index in [0.29, 0.717) is 41.6 Å². The SMILES string of the molecule is Cc1cc(C)c(S(=O)(=O)NC(N)=NCCC[C@H](NC(=O)[C@H](CC(C)C)NC(=O)[C@H](N)CCCCNC(=O)OCc2ccccc2)C(=O)N[C@@H](Cc2ccc(O)cc2)C(=O)OCc2ccccc2)c(C)c1. The number of phenols is 1. The highest BCUT2D eigenvalue weighted by molar-refractivity contribution is 7.90. The molecule has 19 heteroatoms. The molecule has 0 heterocycles. The van der Waals surface area contributed by atoms with E-state index in [1.165, 1.54) is 12.1 Å². The highest BCUT2D eigenvalue weighted by Crippen LogP contribution is 2.22. The van der Waals surface area contributed by atoms with E-state index in [0.717, 1.165) is 11.1 Å². The van der Waals surface area contributed by atoms with Gasteiger partial charge in [0.05, 0.1) is 10.9 Å². The average molecular weight is 985 g/mol. The zero-order valence-corrected chi connectivity index (χ0v) is 41.4. The number of aryl methyl sites for hydroxylation is 3. The first kappa shape index (κ1) is 55.6. The normalized spacial score (nSPS) is 13.3. The number of alkyl carbamates (subject to hydrolysis) is 1. The Kier molecular flexibility index (Phi) is 22.1. The van der Waals surface area contributed by atoms with Crippen LogP contribution < -0.4 is 37.5 Å². The molecule has 4 aromatic carbocycles. The smallest absolute Gasteiger partial charge is 0.407 e. The Bertz CT molecular complexity index is 2470. The minimum Gasteiger partial charge on any atom is -0.508 e. The largest absolute Gasteiger partial charge is 0.508 e. The molecule has 0 aliphatic heterocycles. The third-order valence-electron chi connectivity index (χ3n) is 11.0. The van der Waals surface area contributed by atoms with Crippen LogP contribution in [0.4, 0.5) is 4.79 Å². The van der Waals surface area contributed by atoms with Gasteiger partial charge >= 0.3 is 12.1 Å². The molecular weight excluding hydrogens is 917 g/mol. The number of hydrogen-bond donors (Lipinski definition) is 8. The standard InChI is InChI=1S/C51H68N8O10S/c1-33(2)27-43(57-46(61)41(52)19-12-13-25-55-51(65)69-32-39-17-10-7-11-18-39)48(63)56-42(20-14-26-54-50(53)59-70(66,67)45-35(4)28-34(3)29-36(45)5)47(62)58-44(30-37-21-23-40(60)24-22-37)49(64)68-31-38-15-8-6-9-16-38/h6-11,15-18,21-24,28-29,33,41-44,60H,12-14,19-20,25-27,30-32,52H2,1-5H3,(H,55,65)(H,56,63)(H,57,61)(H,58,62)(H3,53,54,59)/t41-,42+,43+,44+/m1/s1. The van der Waals surface area contributed by atoms with Crippen LogP contribution >= 0.6 is 0 Å². The molecule has 70 heavy (non-hydrogen) atoms. The molecular formula is C51H68N8O10S. The van der Waals surface area contributed by atoms with Crippen molar-refractivity contribution in [1.82, 2.24) is 26.0 Å². The van der Waals surface area contributed by atoms with Gasteiger partial charge in [0, 0.05) is 19.5 Å². The molecule has 0 aliphatic carbocycles.